The number of anilines is 2. The average Bonchev–Trinajstić information content (AvgIpc) is 3.28. The molecule has 1 atom stereocenters. The van der Waals surface area contributed by atoms with Crippen LogP contribution in [0.15, 0.2) is 72.9 Å². The molecular weight excluding hydrogens is 498 g/mol. The molecule has 10 heteroatoms. The van der Waals surface area contributed by atoms with Gasteiger partial charge in [0.2, 0.25) is 0 Å². The normalized spacial score (nSPS) is 14.3. The predicted molar refractivity (Wildman–Crippen MR) is 140 cm³/mol. The molecule has 1 saturated heterocycles. The van der Waals surface area contributed by atoms with Crippen molar-refractivity contribution in [3.05, 3.63) is 89.3 Å². The number of amides is 1. The molecule has 180 valence electrons. The van der Waals surface area contributed by atoms with Gasteiger partial charge in [-0.3, -0.25) is 14.1 Å². The lowest BCUT2D eigenvalue weighted by atomic mass is 10.1. The largest absolute Gasteiger partial charge is 0.333 e. The number of carbonyl (C=O) groups excluding carboxylic acids is 1. The van der Waals surface area contributed by atoms with Gasteiger partial charge in [0, 0.05) is 34.8 Å². The van der Waals surface area contributed by atoms with Crippen molar-refractivity contribution >= 4 is 51.5 Å². The molecule has 0 bridgehead atoms. The molecule has 1 fully saturated rings. The number of pyridine rings is 1. The number of hydrogen-bond acceptors (Lipinski definition) is 4. The fourth-order valence-electron chi connectivity index (χ4n) is 3.11. The van der Waals surface area contributed by atoms with Crippen molar-refractivity contribution in [3.63, 3.8) is 0 Å². The van der Waals surface area contributed by atoms with Crippen molar-refractivity contribution in [1.82, 2.24) is 4.98 Å². The topological polar surface area (TPSA) is 88.3 Å². The molecule has 0 radical (unpaired) electrons. The standard InChI is InChI=1S/C21H17ClFN3O2S.C2H3Cl.CH5N/c22-19-8-5-16(12-18(19)20-9-4-15(23)13-24-20)25-21(27)14-2-6-17(7-3-14)26-10-1-11-29(26)28;1-2-3;1-2/h2-9,12-13H,1,10-11H2,(H,25,27);2H,1H2;2H2,1H3. The van der Waals surface area contributed by atoms with Crippen molar-refractivity contribution in [2.24, 2.45) is 5.73 Å². The first-order valence-electron chi connectivity index (χ1n) is 10.2. The van der Waals surface area contributed by atoms with E-state index in [1.54, 1.807) is 42.5 Å². The van der Waals surface area contributed by atoms with E-state index in [0.717, 1.165) is 24.8 Å². The fraction of sp³-hybridized carbons (Fsp3) is 0.167. The minimum atomic E-state index is -0.994. The maximum atomic E-state index is 13.1. The van der Waals surface area contributed by atoms with E-state index in [9.17, 15) is 13.4 Å². The Kier molecular flexibility index (Phi) is 11.2. The van der Waals surface area contributed by atoms with Gasteiger partial charge in [-0.2, -0.15) is 0 Å². The third kappa shape index (κ3) is 7.36. The van der Waals surface area contributed by atoms with Crippen molar-refractivity contribution in [3.8, 4) is 11.3 Å². The zero-order valence-electron chi connectivity index (χ0n) is 18.5. The van der Waals surface area contributed by atoms with E-state index in [0.29, 0.717) is 33.3 Å². The number of hydrogen-bond donors (Lipinski definition) is 2. The first-order valence-corrected chi connectivity index (χ1v) is 12.3. The second-order valence-corrected chi connectivity index (χ2v) is 8.90. The van der Waals surface area contributed by atoms with Crippen LogP contribution in [0.4, 0.5) is 15.8 Å². The molecule has 6 nitrogen and oxygen atoms in total. The summed E-state index contributed by atoms with van der Waals surface area (Å²) in [5.74, 6) is -0.0423. The second-order valence-electron chi connectivity index (χ2n) is 6.69. The van der Waals surface area contributed by atoms with E-state index >= 15 is 0 Å². The molecule has 4 rings (SSSR count). The van der Waals surface area contributed by atoms with E-state index in [1.807, 2.05) is 4.31 Å². The van der Waals surface area contributed by atoms with Gasteiger partial charge in [0.1, 0.15) is 16.8 Å². The summed E-state index contributed by atoms with van der Waals surface area (Å²) < 4.78 is 26.9. The van der Waals surface area contributed by atoms with Crippen molar-refractivity contribution in [1.29, 1.82) is 0 Å². The van der Waals surface area contributed by atoms with Crippen LogP contribution >= 0.6 is 23.2 Å². The third-order valence-corrected chi connectivity index (χ3v) is 6.42. The summed E-state index contributed by atoms with van der Waals surface area (Å²) in [4.78, 5) is 16.6. The Balaban J connectivity index is 0.000000758. The summed E-state index contributed by atoms with van der Waals surface area (Å²) in [5, 5.41) is 3.28. The SMILES string of the molecule is C=CCl.CN.O=C(Nc1ccc(Cl)c(-c2ccc(F)cn2)c1)c1ccc(N2CCCS2=O)cc1. The van der Waals surface area contributed by atoms with Crippen molar-refractivity contribution < 1.29 is 13.4 Å². The molecule has 1 amide bonds. The van der Waals surface area contributed by atoms with Gasteiger partial charge in [0.05, 0.1) is 16.9 Å². The highest BCUT2D eigenvalue weighted by molar-refractivity contribution is 7.86. The van der Waals surface area contributed by atoms with Gasteiger partial charge in [0.15, 0.2) is 0 Å². The van der Waals surface area contributed by atoms with Gasteiger partial charge in [-0.05, 0) is 73.6 Å². The molecule has 3 N–H and O–H groups in total. The van der Waals surface area contributed by atoms with Gasteiger partial charge in [0.25, 0.3) is 5.91 Å². The average molecular weight is 523 g/mol. The van der Waals surface area contributed by atoms with Gasteiger partial charge in [-0.1, -0.05) is 29.8 Å². The van der Waals surface area contributed by atoms with Crippen molar-refractivity contribution in [2.75, 3.05) is 29.0 Å². The minimum absolute atomic E-state index is 0.278. The number of benzene rings is 2. The van der Waals surface area contributed by atoms with E-state index in [1.165, 1.54) is 24.7 Å². The Bertz CT molecular complexity index is 1130. The zero-order chi connectivity index (χ0) is 25.1. The molecule has 0 saturated carbocycles. The van der Waals surface area contributed by atoms with Crippen LogP contribution in [0.1, 0.15) is 16.8 Å². The first-order chi connectivity index (χ1) is 16.4. The first kappa shape index (κ1) is 27.5. The van der Waals surface area contributed by atoms with Crippen LogP contribution in [0.3, 0.4) is 0 Å². The molecule has 2 aromatic carbocycles. The van der Waals surface area contributed by atoms with Crippen molar-refractivity contribution in [2.45, 2.75) is 6.42 Å². The summed E-state index contributed by atoms with van der Waals surface area (Å²) in [6.07, 6.45) is 2.02. The van der Waals surface area contributed by atoms with Crippen LogP contribution < -0.4 is 15.4 Å². The quantitative estimate of drug-likeness (QED) is 0.465. The van der Waals surface area contributed by atoms with E-state index in [-0.39, 0.29) is 5.91 Å². The number of nitrogens with two attached hydrogens (primary N) is 1. The lowest BCUT2D eigenvalue weighted by Crippen LogP contribution is -2.19. The molecule has 34 heavy (non-hydrogen) atoms. The van der Waals surface area contributed by atoms with Crippen LogP contribution in [-0.2, 0) is 11.0 Å². The highest BCUT2D eigenvalue weighted by Gasteiger charge is 2.20. The highest BCUT2D eigenvalue weighted by Crippen LogP contribution is 2.30. The van der Waals surface area contributed by atoms with Crippen LogP contribution in [0.2, 0.25) is 5.02 Å². The molecule has 0 spiro atoms. The Morgan fingerprint density at radius 3 is 2.44 bits per heavy atom. The fourth-order valence-corrected chi connectivity index (χ4v) is 4.61. The van der Waals surface area contributed by atoms with Crippen LogP contribution in [0.25, 0.3) is 11.3 Å². The lowest BCUT2D eigenvalue weighted by Gasteiger charge is -2.16. The number of nitrogens with one attached hydrogen (secondary N) is 1. The van der Waals surface area contributed by atoms with Gasteiger partial charge < -0.3 is 11.1 Å². The molecule has 2 heterocycles. The summed E-state index contributed by atoms with van der Waals surface area (Å²) in [7, 11) is 0.506. The maximum Gasteiger partial charge on any atom is 0.255 e. The molecule has 0 aliphatic carbocycles. The second kappa shape index (κ2) is 13.8. The number of carbonyl (C=O) groups is 1. The molecule has 1 aliphatic heterocycles. The Labute approximate surface area is 211 Å². The van der Waals surface area contributed by atoms with Crippen LogP contribution in [-0.4, -0.2) is 34.4 Å². The zero-order valence-corrected chi connectivity index (χ0v) is 20.8. The summed E-state index contributed by atoms with van der Waals surface area (Å²) in [6.45, 7) is 3.88. The highest BCUT2D eigenvalue weighted by atomic mass is 35.5. The third-order valence-electron chi connectivity index (χ3n) is 4.57. The number of nitrogens with zero attached hydrogens (tertiary/aromatic N) is 2. The monoisotopic (exact) mass is 522 g/mol. The Morgan fingerprint density at radius 2 is 1.88 bits per heavy atom. The summed E-state index contributed by atoms with van der Waals surface area (Å²) >= 11 is 11.0. The number of halogens is 3. The van der Waals surface area contributed by atoms with Gasteiger partial charge in [-0.25, -0.2) is 8.60 Å². The van der Waals surface area contributed by atoms with E-state index in [4.69, 9.17) is 23.2 Å². The number of aromatic nitrogens is 1. The maximum absolute atomic E-state index is 13.1. The predicted octanol–water partition coefficient (Wildman–Crippen LogP) is 5.61. The molecule has 1 aliphatic rings. The molecule has 3 aromatic rings. The summed E-state index contributed by atoms with van der Waals surface area (Å²) in [6, 6.07) is 14.9. The van der Waals surface area contributed by atoms with E-state index in [2.05, 4.69) is 22.6 Å². The summed E-state index contributed by atoms with van der Waals surface area (Å²) in [5.41, 5.74) is 8.70. The van der Waals surface area contributed by atoms with Crippen LogP contribution in [0, 0.1) is 5.82 Å². The van der Waals surface area contributed by atoms with E-state index < -0.39 is 16.8 Å². The van der Waals surface area contributed by atoms with Gasteiger partial charge in [-0.15, -0.1) is 0 Å². The molecular formula is C24H25Cl2FN4O2S. The van der Waals surface area contributed by atoms with Crippen LogP contribution in [0.5, 0.6) is 0 Å². The smallest absolute Gasteiger partial charge is 0.255 e. The lowest BCUT2D eigenvalue weighted by molar-refractivity contribution is 0.102. The minimum Gasteiger partial charge on any atom is -0.333 e. The number of rotatable bonds is 4. The van der Waals surface area contributed by atoms with Gasteiger partial charge >= 0.3 is 0 Å². The molecule has 1 aromatic heterocycles. The Morgan fingerprint density at radius 1 is 1.21 bits per heavy atom. The molecule has 1 unspecified atom stereocenters. The Hall–Kier alpha value is -2.78.